The van der Waals surface area contributed by atoms with Crippen LogP contribution in [0, 0.1) is 0 Å². The second-order valence-electron chi connectivity index (χ2n) is 3.92. The summed E-state index contributed by atoms with van der Waals surface area (Å²) in [5.74, 6) is -1.12. The van der Waals surface area contributed by atoms with Crippen molar-refractivity contribution >= 4 is 18.0 Å². The van der Waals surface area contributed by atoms with E-state index in [1.807, 2.05) is 13.8 Å². The molecule has 90 valence electrons. The Morgan fingerprint density at radius 2 is 1.82 bits per heavy atom. The number of carboxylic acids is 1. The first-order valence-electron chi connectivity index (χ1n) is 5.31. The Balaban J connectivity index is 2.74. The normalized spacial score (nSPS) is 10.8. The SMILES string of the molecule is CC(C)NC(=O)c1ccc(/C=C/C(=O)O)cc1. The molecular formula is C13H15NO3. The van der Waals surface area contributed by atoms with Crippen LogP contribution in [0.1, 0.15) is 29.8 Å². The van der Waals surface area contributed by atoms with Crippen molar-refractivity contribution in [1.82, 2.24) is 5.32 Å². The third-order valence-electron chi connectivity index (χ3n) is 2.01. The number of amides is 1. The molecule has 0 aliphatic carbocycles. The number of carbonyl (C=O) groups is 2. The molecule has 0 saturated heterocycles. The number of aliphatic carboxylic acids is 1. The first-order valence-corrected chi connectivity index (χ1v) is 5.31. The zero-order valence-corrected chi connectivity index (χ0v) is 9.81. The predicted octanol–water partition coefficient (Wildman–Crippen LogP) is 1.92. The van der Waals surface area contributed by atoms with Crippen molar-refractivity contribution < 1.29 is 14.7 Å². The highest BCUT2D eigenvalue weighted by Gasteiger charge is 2.05. The highest BCUT2D eigenvalue weighted by atomic mass is 16.4. The number of carboxylic acid groups (broad SMARTS) is 1. The molecule has 0 aliphatic rings. The number of carbonyl (C=O) groups excluding carboxylic acids is 1. The summed E-state index contributed by atoms with van der Waals surface area (Å²) in [7, 11) is 0. The molecule has 0 aromatic heterocycles. The Morgan fingerprint density at radius 1 is 1.24 bits per heavy atom. The Morgan fingerprint density at radius 3 is 2.29 bits per heavy atom. The molecule has 1 rings (SSSR count). The van der Waals surface area contributed by atoms with E-state index in [0.717, 1.165) is 11.6 Å². The van der Waals surface area contributed by atoms with Gasteiger partial charge in [0, 0.05) is 17.7 Å². The maximum atomic E-state index is 11.6. The fourth-order valence-electron chi connectivity index (χ4n) is 1.26. The monoisotopic (exact) mass is 233 g/mol. The molecular weight excluding hydrogens is 218 g/mol. The van der Waals surface area contributed by atoms with Gasteiger partial charge in [0.15, 0.2) is 0 Å². The van der Waals surface area contributed by atoms with Gasteiger partial charge in [-0.25, -0.2) is 4.79 Å². The van der Waals surface area contributed by atoms with Gasteiger partial charge >= 0.3 is 5.97 Å². The third-order valence-corrected chi connectivity index (χ3v) is 2.01. The maximum absolute atomic E-state index is 11.6. The molecule has 0 radical (unpaired) electrons. The molecule has 0 bridgehead atoms. The molecule has 0 heterocycles. The van der Waals surface area contributed by atoms with Crippen molar-refractivity contribution in [3.8, 4) is 0 Å². The lowest BCUT2D eigenvalue weighted by Crippen LogP contribution is -2.29. The first kappa shape index (κ1) is 13.0. The van der Waals surface area contributed by atoms with Crippen molar-refractivity contribution in [3.05, 3.63) is 41.5 Å². The lowest BCUT2D eigenvalue weighted by molar-refractivity contribution is -0.131. The van der Waals surface area contributed by atoms with E-state index < -0.39 is 5.97 Å². The summed E-state index contributed by atoms with van der Waals surface area (Å²) in [5, 5.41) is 11.2. The van der Waals surface area contributed by atoms with Crippen LogP contribution in [-0.4, -0.2) is 23.0 Å². The van der Waals surface area contributed by atoms with Gasteiger partial charge in [-0.1, -0.05) is 12.1 Å². The summed E-state index contributed by atoms with van der Waals surface area (Å²) in [5.41, 5.74) is 1.31. The third kappa shape index (κ3) is 4.51. The van der Waals surface area contributed by atoms with Gasteiger partial charge < -0.3 is 10.4 Å². The van der Waals surface area contributed by atoms with E-state index in [4.69, 9.17) is 5.11 Å². The molecule has 4 nitrogen and oxygen atoms in total. The van der Waals surface area contributed by atoms with Crippen LogP contribution in [-0.2, 0) is 4.79 Å². The van der Waals surface area contributed by atoms with Gasteiger partial charge in [0.05, 0.1) is 0 Å². The van der Waals surface area contributed by atoms with Gasteiger partial charge in [-0.05, 0) is 37.6 Å². The second kappa shape index (κ2) is 5.84. The van der Waals surface area contributed by atoms with E-state index in [0.29, 0.717) is 5.56 Å². The zero-order chi connectivity index (χ0) is 12.8. The summed E-state index contributed by atoms with van der Waals surface area (Å²) in [4.78, 5) is 21.9. The van der Waals surface area contributed by atoms with Crippen molar-refractivity contribution in [2.75, 3.05) is 0 Å². The maximum Gasteiger partial charge on any atom is 0.328 e. The molecule has 0 atom stereocenters. The Kier molecular flexibility index (Phi) is 4.46. The zero-order valence-electron chi connectivity index (χ0n) is 9.81. The summed E-state index contributed by atoms with van der Waals surface area (Å²) in [6.07, 6.45) is 2.54. The van der Waals surface area contributed by atoms with E-state index in [-0.39, 0.29) is 11.9 Å². The molecule has 0 saturated carbocycles. The minimum Gasteiger partial charge on any atom is -0.478 e. The first-order chi connectivity index (χ1) is 7.99. The molecule has 17 heavy (non-hydrogen) atoms. The standard InChI is InChI=1S/C13H15NO3/c1-9(2)14-13(17)11-6-3-10(4-7-11)5-8-12(15)16/h3-9H,1-2H3,(H,14,17)(H,15,16)/b8-5+. The Bertz CT molecular complexity index is 432. The lowest BCUT2D eigenvalue weighted by Gasteiger charge is -2.08. The van der Waals surface area contributed by atoms with Crippen LogP contribution in [0.3, 0.4) is 0 Å². The second-order valence-corrected chi connectivity index (χ2v) is 3.92. The molecule has 1 aromatic rings. The minimum atomic E-state index is -0.994. The van der Waals surface area contributed by atoms with Crippen molar-refractivity contribution in [2.24, 2.45) is 0 Å². The van der Waals surface area contributed by atoms with E-state index >= 15 is 0 Å². The lowest BCUT2D eigenvalue weighted by atomic mass is 10.1. The van der Waals surface area contributed by atoms with E-state index in [9.17, 15) is 9.59 Å². The van der Waals surface area contributed by atoms with E-state index in [1.54, 1.807) is 24.3 Å². The van der Waals surface area contributed by atoms with Gasteiger partial charge in [0.2, 0.25) is 0 Å². The van der Waals surface area contributed by atoms with Crippen LogP contribution in [0.25, 0.3) is 6.08 Å². The average Bonchev–Trinajstić information content (AvgIpc) is 2.26. The van der Waals surface area contributed by atoms with Gasteiger partial charge in [-0.15, -0.1) is 0 Å². The van der Waals surface area contributed by atoms with Crippen LogP contribution in [0.2, 0.25) is 0 Å². The van der Waals surface area contributed by atoms with Gasteiger partial charge in [-0.3, -0.25) is 4.79 Å². The number of benzene rings is 1. The highest BCUT2D eigenvalue weighted by molar-refractivity contribution is 5.94. The topological polar surface area (TPSA) is 66.4 Å². The minimum absolute atomic E-state index is 0.0917. The predicted molar refractivity (Wildman–Crippen MR) is 65.7 cm³/mol. The number of hydrogen-bond donors (Lipinski definition) is 2. The van der Waals surface area contributed by atoms with Crippen molar-refractivity contribution in [2.45, 2.75) is 19.9 Å². The van der Waals surface area contributed by atoms with Crippen LogP contribution < -0.4 is 5.32 Å². The summed E-state index contributed by atoms with van der Waals surface area (Å²) < 4.78 is 0. The summed E-state index contributed by atoms with van der Waals surface area (Å²) in [6, 6.07) is 6.83. The van der Waals surface area contributed by atoms with Crippen LogP contribution >= 0.6 is 0 Å². The van der Waals surface area contributed by atoms with Crippen molar-refractivity contribution in [1.29, 1.82) is 0 Å². The van der Waals surface area contributed by atoms with Crippen LogP contribution in [0.15, 0.2) is 30.3 Å². The van der Waals surface area contributed by atoms with Crippen LogP contribution in [0.4, 0.5) is 0 Å². The molecule has 0 unspecified atom stereocenters. The molecule has 1 aromatic carbocycles. The molecule has 0 aliphatic heterocycles. The van der Waals surface area contributed by atoms with E-state index in [2.05, 4.69) is 5.32 Å². The largest absolute Gasteiger partial charge is 0.478 e. The summed E-state index contributed by atoms with van der Waals surface area (Å²) in [6.45, 7) is 3.78. The van der Waals surface area contributed by atoms with Gasteiger partial charge in [0.1, 0.15) is 0 Å². The molecule has 4 heteroatoms. The molecule has 0 fully saturated rings. The fourth-order valence-corrected chi connectivity index (χ4v) is 1.26. The van der Waals surface area contributed by atoms with Gasteiger partial charge in [0.25, 0.3) is 5.91 Å². The summed E-state index contributed by atoms with van der Waals surface area (Å²) >= 11 is 0. The molecule has 2 N–H and O–H groups in total. The highest BCUT2D eigenvalue weighted by Crippen LogP contribution is 2.06. The number of rotatable bonds is 4. The fraction of sp³-hybridized carbons (Fsp3) is 0.231. The van der Waals surface area contributed by atoms with E-state index in [1.165, 1.54) is 6.08 Å². The Hall–Kier alpha value is -2.10. The number of nitrogens with one attached hydrogen (secondary N) is 1. The number of hydrogen-bond acceptors (Lipinski definition) is 2. The van der Waals surface area contributed by atoms with Crippen molar-refractivity contribution in [3.63, 3.8) is 0 Å². The molecule has 1 amide bonds. The average molecular weight is 233 g/mol. The smallest absolute Gasteiger partial charge is 0.328 e. The van der Waals surface area contributed by atoms with Gasteiger partial charge in [-0.2, -0.15) is 0 Å². The quantitative estimate of drug-likeness (QED) is 0.781. The molecule has 0 spiro atoms. The Labute approximate surface area is 100.0 Å². The van der Waals surface area contributed by atoms with Crippen LogP contribution in [0.5, 0.6) is 0 Å².